The summed E-state index contributed by atoms with van der Waals surface area (Å²) in [6.07, 6.45) is 7.14. The predicted octanol–water partition coefficient (Wildman–Crippen LogP) is 1.83. The number of carbonyl (C=O) groups is 2. The van der Waals surface area contributed by atoms with E-state index in [9.17, 15) is 9.59 Å². The highest BCUT2D eigenvalue weighted by atomic mass is 16.2. The molecule has 120 valence electrons. The first kappa shape index (κ1) is 15.2. The van der Waals surface area contributed by atoms with Gasteiger partial charge in [0.2, 0.25) is 5.91 Å². The summed E-state index contributed by atoms with van der Waals surface area (Å²) in [6, 6.07) is 1.20. The van der Waals surface area contributed by atoms with E-state index in [0.717, 1.165) is 6.42 Å². The number of hydrogen-bond acceptors (Lipinski definition) is 4. The Bertz CT molecular complexity index is 754. The molecule has 0 saturated heterocycles. The molecule has 2 unspecified atom stereocenters. The van der Waals surface area contributed by atoms with Crippen molar-refractivity contribution in [3.05, 3.63) is 36.4 Å². The fourth-order valence-electron chi connectivity index (χ4n) is 2.81. The lowest BCUT2D eigenvalue weighted by Gasteiger charge is -2.38. The van der Waals surface area contributed by atoms with Crippen LogP contribution in [0.5, 0.6) is 0 Å². The highest BCUT2D eigenvalue weighted by Crippen LogP contribution is 2.35. The summed E-state index contributed by atoms with van der Waals surface area (Å²) in [7, 11) is 1.75. The van der Waals surface area contributed by atoms with Crippen LogP contribution in [0, 0.1) is 5.92 Å². The summed E-state index contributed by atoms with van der Waals surface area (Å²) in [6.45, 7) is 3.98. The lowest BCUT2D eigenvalue weighted by Crippen LogP contribution is -2.54. The third-order valence-electron chi connectivity index (χ3n) is 4.22. The van der Waals surface area contributed by atoms with Crippen LogP contribution in [0.4, 0.5) is 11.4 Å². The SMILES string of the molecule is CCC(C)C1C(=O)Nc2cnccc2N1C(=O)c1cnn(C)c1. The summed E-state index contributed by atoms with van der Waals surface area (Å²) >= 11 is 0. The zero-order valence-corrected chi connectivity index (χ0v) is 13.4. The molecule has 0 aromatic carbocycles. The number of nitrogens with one attached hydrogen (secondary N) is 1. The second-order valence-electron chi connectivity index (χ2n) is 5.79. The van der Waals surface area contributed by atoms with Gasteiger partial charge < -0.3 is 5.32 Å². The lowest BCUT2D eigenvalue weighted by atomic mass is 9.93. The number of anilines is 2. The van der Waals surface area contributed by atoms with Gasteiger partial charge in [0.1, 0.15) is 6.04 Å². The maximum atomic E-state index is 13.0. The fourth-order valence-corrected chi connectivity index (χ4v) is 2.81. The Balaban J connectivity index is 2.10. The predicted molar refractivity (Wildman–Crippen MR) is 86.1 cm³/mol. The molecule has 23 heavy (non-hydrogen) atoms. The van der Waals surface area contributed by atoms with Gasteiger partial charge in [0.25, 0.3) is 5.91 Å². The van der Waals surface area contributed by atoms with E-state index in [1.807, 2.05) is 13.8 Å². The second kappa shape index (κ2) is 5.83. The number of amides is 2. The molecule has 2 amide bonds. The molecule has 3 rings (SSSR count). The van der Waals surface area contributed by atoms with E-state index in [-0.39, 0.29) is 17.7 Å². The Kier molecular flexibility index (Phi) is 3.85. The Morgan fingerprint density at radius 3 is 2.87 bits per heavy atom. The van der Waals surface area contributed by atoms with Crippen molar-refractivity contribution in [1.29, 1.82) is 0 Å². The monoisotopic (exact) mass is 313 g/mol. The highest BCUT2D eigenvalue weighted by molar-refractivity contribution is 6.16. The van der Waals surface area contributed by atoms with Crippen molar-refractivity contribution >= 4 is 23.2 Å². The topological polar surface area (TPSA) is 80.1 Å². The number of nitrogens with zero attached hydrogens (tertiary/aromatic N) is 4. The van der Waals surface area contributed by atoms with Crippen molar-refractivity contribution < 1.29 is 9.59 Å². The van der Waals surface area contributed by atoms with Gasteiger partial charge in [0.15, 0.2) is 0 Å². The van der Waals surface area contributed by atoms with Gasteiger partial charge in [-0.3, -0.25) is 24.2 Å². The third kappa shape index (κ3) is 2.58. The Morgan fingerprint density at radius 2 is 2.22 bits per heavy atom. The van der Waals surface area contributed by atoms with Crippen LogP contribution >= 0.6 is 0 Å². The summed E-state index contributed by atoms with van der Waals surface area (Å²) in [5.74, 6) is -0.389. The molecule has 0 bridgehead atoms. The average Bonchev–Trinajstić information content (AvgIpc) is 2.98. The molecule has 2 aromatic heterocycles. The molecule has 0 saturated carbocycles. The molecule has 7 heteroatoms. The molecule has 7 nitrogen and oxygen atoms in total. The van der Waals surface area contributed by atoms with Crippen molar-refractivity contribution in [2.24, 2.45) is 13.0 Å². The number of pyridine rings is 1. The average molecular weight is 313 g/mol. The van der Waals surface area contributed by atoms with Crippen LogP contribution in [0.2, 0.25) is 0 Å². The molecule has 0 aliphatic carbocycles. The normalized spacial score (nSPS) is 18.3. The van der Waals surface area contributed by atoms with Crippen LogP contribution < -0.4 is 10.2 Å². The molecular formula is C16H19N5O2. The van der Waals surface area contributed by atoms with E-state index >= 15 is 0 Å². The van der Waals surface area contributed by atoms with E-state index in [1.165, 1.54) is 6.20 Å². The molecule has 2 atom stereocenters. The summed E-state index contributed by atoms with van der Waals surface area (Å²) in [4.78, 5) is 31.2. The first-order valence-electron chi connectivity index (χ1n) is 7.60. The second-order valence-corrected chi connectivity index (χ2v) is 5.79. The van der Waals surface area contributed by atoms with E-state index in [0.29, 0.717) is 16.9 Å². The number of fused-ring (bicyclic) bond motifs is 1. The number of rotatable bonds is 3. The lowest BCUT2D eigenvalue weighted by molar-refractivity contribution is -0.118. The quantitative estimate of drug-likeness (QED) is 0.937. The molecule has 1 aliphatic rings. The van der Waals surface area contributed by atoms with Gasteiger partial charge in [0, 0.05) is 19.4 Å². The largest absolute Gasteiger partial charge is 0.321 e. The Morgan fingerprint density at radius 1 is 1.43 bits per heavy atom. The van der Waals surface area contributed by atoms with Crippen LogP contribution in [0.25, 0.3) is 0 Å². The molecular weight excluding hydrogens is 294 g/mol. The number of aromatic nitrogens is 3. The minimum atomic E-state index is -0.553. The molecule has 0 fully saturated rings. The van der Waals surface area contributed by atoms with Gasteiger partial charge in [0.05, 0.1) is 29.3 Å². The zero-order chi connectivity index (χ0) is 16.6. The van der Waals surface area contributed by atoms with Gasteiger partial charge in [-0.25, -0.2) is 0 Å². The van der Waals surface area contributed by atoms with Gasteiger partial charge in [-0.2, -0.15) is 5.10 Å². The minimum Gasteiger partial charge on any atom is -0.321 e. The standard InChI is InChI=1S/C16H19N5O2/c1-4-10(2)14-15(22)19-12-8-17-6-5-13(12)21(14)16(23)11-7-18-20(3)9-11/h5-10,14H,4H2,1-3H3,(H,19,22). The Hall–Kier alpha value is -2.70. The van der Waals surface area contributed by atoms with Crippen LogP contribution in [-0.2, 0) is 11.8 Å². The van der Waals surface area contributed by atoms with Crippen LogP contribution in [0.15, 0.2) is 30.9 Å². The van der Waals surface area contributed by atoms with Crippen molar-refractivity contribution in [1.82, 2.24) is 14.8 Å². The molecule has 2 aromatic rings. The summed E-state index contributed by atoms with van der Waals surface area (Å²) < 4.78 is 1.57. The molecule has 1 N–H and O–H groups in total. The van der Waals surface area contributed by atoms with Gasteiger partial charge in [-0.1, -0.05) is 20.3 Å². The Labute approximate surface area is 134 Å². The third-order valence-corrected chi connectivity index (χ3v) is 4.22. The van der Waals surface area contributed by atoms with E-state index in [1.54, 1.807) is 41.3 Å². The summed E-state index contributed by atoms with van der Waals surface area (Å²) in [5, 5.41) is 6.90. The highest BCUT2D eigenvalue weighted by Gasteiger charge is 2.40. The first-order valence-corrected chi connectivity index (χ1v) is 7.60. The summed E-state index contributed by atoms with van der Waals surface area (Å²) in [5.41, 5.74) is 1.67. The zero-order valence-electron chi connectivity index (χ0n) is 13.4. The van der Waals surface area contributed by atoms with Crippen LogP contribution in [0.3, 0.4) is 0 Å². The van der Waals surface area contributed by atoms with Gasteiger partial charge >= 0.3 is 0 Å². The number of carbonyl (C=O) groups excluding carboxylic acids is 2. The van der Waals surface area contributed by atoms with Gasteiger partial charge in [-0.15, -0.1) is 0 Å². The van der Waals surface area contributed by atoms with Crippen LogP contribution in [-0.4, -0.2) is 32.6 Å². The van der Waals surface area contributed by atoms with Gasteiger partial charge in [-0.05, 0) is 12.0 Å². The molecule has 0 spiro atoms. The number of aryl methyl sites for hydroxylation is 1. The number of hydrogen-bond donors (Lipinski definition) is 1. The molecule has 3 heterocycles. The maximum Gasteiger partial charge on any atom is 0.262 e. The maximum absolute atomic E-state index is 13.0. The fraction of sp³-hybridized carbons (Fsp3) is 0.375. The van der Waals surface area contributed by atoms with E-state index < -0.39 is 6.04 Å². The smallest absolute Gasteiger partial charge is 0.262 e. The minimum absolute atomic E-state index is 0.0249. The molecule has 1 aliphatic heterocycles. The van der Waals surface area contributed by atoms with Crippen molar-refractivity contribution in [3.63, 3.8) is 0 Å². The first-order chi connectivity index (χ1) is 11.0. The molecule has 0 radical (unpaired) electrons. The van der Waals surface area contributed by atoms with Crippen molar-refractivity contribution in [2.45, 2.75) is 26.3 Å². The van der Waals surface area contributed by atoms with E-state index in [4.69, 9.17) is 0 Å². The van der Waals surface area contributed by atoms with E-state index in [2.05, 4.69) is 15.4 Å². The van der Waals surface area contributed by atoms with Crippen molar-refractivity contribution in [2.75, 3.05) is 10.2 Å². The van der Waals surface area contributed by atoms with Crippen molar-refractivity contribution in [3.8, 4) is 0 Å². The van der Waals surface area contributed by atoms with Crippen LogP contribution in [0.1, 0.15) is 30.6 Å².